The van der Waals surface area contributed by atoms with E-state index in [1.165, 1.54) is 6.92 Å². The second-order valence-corrected chi connectivity index (χ2v) is 5.64. The van der Waals surface area contributed by atoms with Gasteiger partial charge in [0.05, 0.1) is 6.61 Å². The summed E-state index contributed by atoms with van der Waals surface area (Å²) in [7, 11) is -6.28. The lowest BCUT2D eigenvalue weighted by Gasteiger charge is -2.11. The highest BCUT2D eigenvalue weighted by Crippen LogP contribution is 2.34. The molecule has 0 amide bonds. The molecule has 134 valence electrons. The van der Waals surface area contributed by atoms with E-state index in [1.807, 2.05) is 0 Å². The van der Waals surface area contributed by atoms with Crippen LogP contribution in [0.3, 0.4) is 0 Å². The quantitative estimate of drug-likeness (QED) is 0.310. The summed E-state index contributed by atoms with van der Waals surface area (Å²) in [5, 5.41) is 11.0. The number of hydrogen-bond donors (Lipinski definition) is 0. The summed E-state index contributed by atoms with van der Waals surface area (Å²) in [5.41, 5.74) is -8.61. The molecule has 0 aliphatic rings. The fourth-order valence-corrected chi connectivity index (χ4v) is 2.20. The Morgan fingerprint density at radius 3 is 2.25 bits per heavy atom. The van der Waals surface area contributed by atoms with E-state index < -0.39 is 50.4 Å². The highest BCUT2D eigenvalue weighted by Gasteiger charge is 2.50. The second-order valence-electron chi connectivity index (χ2n) is 4.10. The number of rotatable bonds is 5. The fourth-order valence-electron chi connectivity index (χ4n) is 1.71. The van der Waals surface area contributed by atoms with Gasteiger partial charge in [-0.15, -0.1) is 0 Å². The maximum atomic E-state index is 12.4. The molecule has 0 aliphatic carbocycles. The lowest BCUT2D eigenvalue weighted by molar-refractivity contribution is -0.250. The van der Waals surface area contributed by atoms with Gasteiger partial charge in [-0.25, -0.2) is 4.79 Å². The first kappa shape index (κ1) is 19.5. The standard InChI is InChI=1S/C11H10F3NO8S/c1-3-22-9(17)7-5(2)15(10(18)19)6(4-16)8(7)23-24(20,21)11(12,13)14/h4H,3H2,1-2H3,(H,18,19)/p-1. The summed E-state index contributed by atoms with van der Waals surface area (Å²) in [6.07, 6.45) is -2.40. The first-order chi connectivity index (χ1) is 10.9. The Kier molecular flexibility index (Phi) is 5.28. The number of esters is 1. The van der Waals surface area contributed by atoms with Gasteiger partial charge in [0.2, 0.25) is 0 Å². The van der Waals surface area contributed by atoms with Crippen molar-refractivity contribution in [3.63, 3.8) is 0 Å². The molecule has 0 radical (unpaired) electrons. The van der Waals surface area contributed by atoms with Crippen LogP contribution < -0.4 is 9.29 Å². The number of alkyl halides is 3. The molecule has 0 saturated carbocycles. The van der Waals surface area contributed by atoms with Gasteiger partial charge >= 0.3 is 21.6 Å². The van der Waals surface area contributed by atoms with Crippen molar-refractivity contribution in [3.05, 3.63) is 17.0 Å². The van der Waals surface area contributed by atoms with Crippen LogP contribution in [0.2, 0.25) is 0 Å². The summed E-state index contributed by atoms with van der Waals surface area (Å²) in [6.45, 7) is 1.98. The van der Waals surface area contributed by atoms with Gasteiger partial charge < -0.3 is 18.8 Å². The van der Waals surface area contributed by atoms with Gasteiger partial charge in [0, 0.05) is 5.69 Å². The highest BCUT2D eigenvalue weighted by atomic mass is 32.2. The van der Waals surface area contributed by atoms with Crippen LogP contribution >= 0.6 is 0 Å². The normalized spacial score (nSPS) is 11.9. The van der Waals surface area contributed by atoms with Crippen LogP contribution in [0.1, 0.15) is 33.5 Å². The van der Waals surface area contributed by atoms with Gasteiger partial charge in [-0.3, -0.25) is 9.36 Å². The molecule has 0 spiro atoms. The largest absolute Gasteiger partial charge is 0.534 e. The van der Waals surface area contributed by atoms with E-state index in [0.717, 1.165) is 6.92 Å². The van der Waals surface area contributed by atoms with E-state index in [1.54, 1.807) is 0 Å². The zero-order chi connectivity index (χ0) is 18.9. The topological polar surface area (TPSA) is 132 Å². The number of ether oxygens (including phenoxy) is 1. The van der Waals surface area contributed by atoms with Crippen LogP contribution in [-0.2, 0) is 14.9 Å². The van der Waals surface area contributed by atoms with Gasteiger partial charge in [-0.1, -0.05) is 0 Å². The number of aromatic nitrogens is 1. The lowest BCUT2D eigenvalue weighted by Crippen LogP contribution is -2.31. The predicted molar refractivity (Wildman–Crippen MR) is 66.9 cm³/mol. The third kappa shape index (κ3) is 3.34. The average molecular weight is 372 g/mol. The second kappa shape index (κ2) is 6.51. The molecule has 0 N–H and O–H groups in total. The van der Waals surface area contributed by atoms with Crippen LogP contribution in [0.15, 0.2) is 0 Å². The number of carbonyl (C=O) groups is 3. The Morgan fingerprint density at radius 1 is 1.33 bits per heavy atom. The van der Waals surface area contributed by atoms with Crippen LogP contribution in [0.4, 0.5) is 18.0 Å². The number of aldehydes is 1. The van der Waals surface area contributed by atoms with E-state index >= 15 is 0 Å². The number of halogens is 3. The first-order valence-corrected chi connectivity index (χ1v) is 7.39. The van der Waals surface area contributed by atoms with Gasteiger partial charge in [-0.05, 0) is 13.8 Å². The Labute approximate surface area is 132 Å². The van der Waals surface area contributed by atoms with E-state index in [0.29, 0.717) is 0 Å². The van der Waals surface area contributed by atoms with Crippen molar-refractivity contribution in [3.8, 4) is 5.75 Å². The molecule has 1 aromatic heterocycles. The maximum Gasteiger partial charge on any atom is 0.534 e. The summed E-state index contributed by atoms with van der Waals surface area (Å²) in [6, 6.07) is 0. The van der Waals surface area contributed by atoms with Crippen molar-refractivity contribution in [1.82, 2.24) is 4.57 Å². The highest BCUT2D eigenvalue weighted by molar-refractivity contribution is 7.88. The van der Waals surface area contributed by atoms with Gasteiger partial charge in [-0.2, -0.15) is 21.6 Å². The maximum absolute atomic E-state index is 12.4. The van der Waals surface area contributed by atoms with Crippen molar-refractivity contribution in [2.75, 3.05) is 6.61 Å². The van der Waals surface area contributed by atoms with E-state index in [4.69, 9.17) is 0 Å². The zero-order valence-corrected chi connectivity index (χ0v) is 12.9. The van der Waals surface area contributed by atoms with E-state index in [-0.39, 0.29) is 17.5 Å². The van der Waals surface area contributed by atoms with Crippen molar-refractivity contribution in [1.29, 1.82) is 0 Å². The number of carbonyl (C=O) groups excluding carboxylic acids is 3. The van der Waals surface area contributed by atoms with Crippen molar-refractivity contribution < 1.29 is 50.0 Å². The molecule has 0 fully saturated rings. The molecule has 0 saturated heterocycles. The fraction of sp³-hybridized carbons (Fsp3) is 0.364. The van der Waals surface area contributed by atoms with E-state index in [2.05, 4.69) is 8.92 Å². The Morgan fingerprint density at radius 2 is 1.88 bits per heavy atom. The molecule has 0 bridgehead atoms. The Bertz CT molecular complexity index is 793. The predicted octanol–water partition coefficient (Wildman–Crippen LogP) is 0.206. The van der Waals surface area contributed by atoms with Crippen LogP contribution in [0, 0.1) is 6.92 Å². The van der Waals surface area contributed by atoms with Crippen LogP contribution in [-0.4, -0.2) is 43.4 Å². The molecule has 9 nitrogen and oxygen atoms in total. The summed E-state index contributed by atoms with van der Waals surface area (Å²) < 4.78 is 67.9. The molecule has 13 heteroatoms. The molecular weight excluding hydrogens is 363 g/mol. The third-order valence-electron chi connectivity index (χ3n) is 2.65. The minimum atomic E-state index is -6.28. The average Bonchev–Trinajstić information content (AvgIpc) is 2.69. The first-order valence-electron chi connectivity index (χ1n) is 5.98. The van der Waals surface area contributed by atoms with Crippen molar-refractivity contribution >= 4 is 28.5 Å². The third-order valence-corrected chi connectivity index (χ3v) is 3.60. The molecule has 1 heterocycles. The van der Waals surface area contributed by atoms with Crippen molar-refractivity contribution in [2.45, 2.75) is 19.4 Å². The van der Waals surface area contributed by atoms with Crippen LogP contribution in [0.25, 0.3) is 0 Å². The number of hydrogen-bond acceptors (Lipinski definition) is 8. The number of nitrogens with zero attached hydrogens (tertiary/aromatic N) is 1. The molecule has 0 atom stereocenters. The molecule has 24 heavy (non-hydrogen) atoms. The molecule has 1 aromatic rings. The van der Waals surface area contributed by atoms with Crippen molar-refractivity contribution in [2.24, 2.45) is 0 Å². The smallest absolute Gasteiger partial charge is 0.529 e. The summed E-state index contributed by atoms with van der Waals surface area (Å²) in [4.78, 5) is 33.8. The summed E-state index contributed by atoms with van der Waals surface area (Å²) in [5.74, 6) is -2.80. The van der Waals surface area contributed by atoms with Gasteiger partial charge in [0.15, 0.2) is 12.0 Å². The van der Waals surface area contributed by atoms with Gasteiger partial charge in [0.1, 0.15) is 17.4 Å². The minimum Gasteiger partial charge on any atom is -0.529 e. The van der Waals surface area contributed by atoms with Gasteiger partial charge in [0.25, 0.3) is 0 Å². The van der Waals surface area contributed by atoms with Crippen LogP contribution in [0.5, 0.6) is 5.75 Å². The van der Waals surface area contributed by atoms with E-state index in [9.17, 15) is 41.1 Å². The monoisotopic (exact) mass is 372 g/mol. The number of carboxylic acid groups (broad SMARTS) is 1. The summed E-state index contributed by atoms with van der Waals surface area (Å²) >= 11 is 0. The molecule has 0 aromatic carbocycles. The SMILES string of the molecule is CCOC(=O)c1c(OS(=O)(=O)C(F)(F)F)c(C=O)n(C(=O)[O-])c1C. The molecule has 0 unspecified atom stereocenters. The molecular formula is C11H9F3NO8S-. The Balaban J connectivity index is 3.74. The molecule has 0 aliphatic heterocycles. The minimum absolute atomic E-state index is 0.000477. The molecule has 1 rings (SSSR count). The zero-order valence-electron chi connectivity index (χ0n) is 12.0. The lowest BCUT2D eigenvalue weighted by atomic mass is 10.2. The Hall–Kier alpha value is -2.57.